The summed E-state index contributed by atoms with van der Waals surface area (Å²) in [5.41, 5.74) is 1.09. The molecule has 0 radical (unpaired) electrons. The third-order valence-corrected chi connectivity index (χ3v) is 2.88. The van der Waals surface area contributed by atoms with Crippen molar-refractivity contribution in [2.75, 3.05) is 13.9 Å². The number of benzene rings is 1. The predicted molar refractivity (Wildman–Crippen MR) is 60.7 cm³/mol. The van der Waals surface area contributed by atoms with E-state index < -0.39 is 0 Å². The smallest absolute Gasteiger partial charge is 0.231 e. The predicted octanol–water partition coefficient (Wildman–Crippen LogP) is 2.89. The highest BCUT2D eigenvalue weighted by molar-refractivity contribution is 9.09. The SMILES string of the molecule is CO[C@H](c1ccc2c(c1)OCO2)[C@@H](C)Br. The Morgan fingerprint density at radius 3 is 2.73 bits per heavy atom. The Morgan fingerprint density at radius 1 is 1.33 bits per heavy atom. The number of rotatable bonds is 3. The van der Waals surface area contributed by atoms with Gasteiger partial charge in [0.05, 0.1) is 6.10 Å². The van der Waals surface area contributed by atoms with Crippen LogP contribution >= 0.6 is 15.9 Å². The maximum absolute atomic E-state index is 5.41. The number of alkyl halides is 1. The first kappa shape index (κ1) is 10.8. The first-order valence-corrected chi connectivity index (χ1v) is 5.70. The van der Waals surface area contributed by atoms with Gasteiger partial charge in [-0.15, -0.1) is 0 Å². The molecule has 4 heteroatoms. The third kappa shape index (κ3) is 2.11. The molecule has 1 aromatic carbocycles. The van der Waals surface area contributed by atoms with Crippen LogP contribution in [0, 0.1) is 0 Å². The molecule has 1 aliphatic rings. The highest BCUT2D eigenvalue weighted by Gasteiger charge is 2.20. The van der Waals surface area contributed by atoms with Gasteiger partial charge in [-0.25, -0.2) is 0 Å². The molecule has 2 atom stereocenters. The molecule has 0 spiro atoms. The summed E-state index contributed by atoms with van der Waals surface area (Å²) < 4.78 is 16.0. The largest absolute Gasteiger partial charge is 0.454 e. The molecule has 1 heterocycles. The van der Waals surface area contributed by atoms with E-state index in [1.807, 2.05) is 18.2 Å². The number of hydrogen-bond acceptors (Lipinski definition) is 3. The van der Waals surface area contributed by atoms with Crippen LogP contribution in [0.25, 0.3) is 0 Å². The average molecular weight is 273 g/mol. The van der Waals surface area contributed by atoms with Crippen molar-refractivity contribution < 1.29 is 14.2 Å². The molecule has 0 saturated carbocycles. The first-order valence-electron chi connectivity index (χ1n) is 4.79. The van der Waals surface area contributed by atoms with Gasteiger partial charge in [-0.1, -0.05) is 22.0 Å². The molecule has 1 aromatic rings. The number of ether oxygens (including phenoxy) is 3. The molecule has 1 aliphatic heterocycles. The Morgan fingerprint density at radius 2 is 2.07 bits per heavy atom. The third-order valence-electron chi connectivity index (χ3n) is 2.40. The van der Waals surface area contributed by atoms with Crippen molar-refractivity contribution in [1.29, 1.82) is 0 Å². The van der Waals surface area contributed by atoms with Crippen LogP contribution in [0.2, 0.25) is 0 Å². The van der Waals surface area contributed by atoms with Crippen LogP contribution in [0.4, 0.5) is 0 Å². The first-order chi connectivity index (χ1) is 7.22. The zero-order chi connectivity index (χ0) is 10.8. The van der Waals surface area contributed by atoms with Gasteiger partial charge in [0.25, 0.3) is 0 Å². The van der Waals surface area contributed by atoms with E-state index in [4.69, 9.17) is 14.2 Å². The molecule has 0 unspecified atom stereocenters. The van der Waals surface area contributed by atoms with Gasteiger partial charge < -0.3 is 14.2 Å². The number of fused-ring (bicyclic) bond motifs is 1. The van der Waals surface area contributed by atoms with Crippen LogP contribution in [-0.4, -0.2) is 18.7 Å². The van der Waals surface area contributed by atoms with Crippen LogP contribution in [0.1, 0.15) is 18.6 Å². The second kappa shape index (κ2) is 4.41. The molecular formula is C11H13BrO3. The maximum atomic E-state index is 5.41. The van der Waals surface area contributed by atoms with Crippen LogP contribution in [0.5, 0.6) is 11.5 Å². The summed E-state index contributed by atoms with van der Waals surface area (Å²) in [6, 6.07) is 5.88. The summed E-state index contributed by atoms with van der Waals surface area (Å²) in [4.78, 5) is 0.253. The van der Waals surface area contributed by atoms with Gasteiger partial charge >= 0.3 is 0 Å². The van der Waals surface area contributed by atoms with Gasteiger partial charge in [0, 0.05) is 11.9 Å². The summed E-state index contributed by atoms with van der Waals surface area (Å²) in [6.07, 6.45) is 0.0273. The molecule has 82 valence electrons. The van der Waals surface area contributed by atoms with Gasteiger partial charge in [-0.05, 0) is 24.6 Å². The molecule has 3 nitrogen and oxygen atoms in total. The zero-order valence-corrected chi connectivity index (χ0v) is 10.3. The van der Waals surface area contributed by atoms with Crippen molar-refractivity contribution in [2.45, 2.75) is 17.9 Å². The topological polar surface area (TPSA) is 27.7 Å². The molecule has 0 N–H and O–H groups in total. The van der Waals surface area contributed by atoms with E-state index in [1.165, 1.54) is 0 Å². The lowest BCUT2D eigenvalue weighted by atomic mass is 10.1. The van der Waals surface area contributed by atoms with E-state index in [1.54, 1.807) is 7.11 Å². The number of halogens is 1. The normalized spacial score (nSPS) is 17.5. The summed E-state index contributed by atoms with van der Waals surface area (Å²) >= 11 is 3.52. The maximum Gasteiger partial charge on any atom is 0.231 e. The summed E-state index contributed by atoms with van der Waals surface area (Å²) in [6.45, 7) is 2.36. The molecule has 0 aliphatic carbocycles. The van der Waals surface area contributed by atoms with Crippen LogP contribution < -0.4 is 9.47 Å². The molecule has 0 amide bonds. The van der Waals surface area contributed by atoms with E-state index in [0.717, 1.165) is 17.1 Å². The second-order valence-corrected chi connectivity index (χ2v) is 4.89. The van der Waals surface area contributed by atoms with Crippen molar-refractivity contribution >= 4 is 15.9 Å². The van der Waals surface area contributed by atoms with Crippen molar-refractivity contribution in [3.05, 3.63) is 23.8 Å². The van der Waals surface area contributed by atoms with E-state index >= 15 is 0 Å². The molecule has 2 rings (SSSR count). The van der Waals surface area contributed by atoms with Gasteiger partial charge in [-0.2, -0.15) is 0 Å². The molecule has 0 saturated heterocycles. The standard InChI is InChI=1S/C11H13BrO3/c1-7(12)11(13-2)8-3-4-9-10(5-8)15-6-14-9/h3-5,7,11H,6H2,1-2H3/t7-,11+/m1/s1. The lowest BCUT2D eigenvalue weighted by Crippen LogP contribution is -2.10. The van der Waals surface area contributed by atoms with Crippen molar-refractivity contribution in [2.24, 2.45) is 0 Å². The van der Waals surface area contributed by atoms with E-state index in [9.17, 15) is 0 Å². The van der Waals surface area contributed by atoms with E-state index in [2.05, 4.69) is 22.9 Å². The number of hydrogen-bond donors (Lipinski definition) is 0. The highest BCUT2D eigenvalue weighted by Crippen LogP contribution is 2.36. The lowest BCUT2D eigenvalue weighted by molar-refractivity contribution is 0.106. The zero-order valence-electron chi connectivity index (χ0n) is 8.70. The Balaban J connectivity index is 2.28. The highest BCUT2D eigenvalue weighted by atomic mass is 79.9. The second-order valence-electron chi connectivity index (χ2n) is 3.45. The fourth-order valence-corrected chi connectivity index (χ4v) is 2.20. The van der Waals surface area contributed by atoms with Crippen LogP contribution in [0.15, 0.2) is 18.2 Å². The lowest BCUT2D eigenvalue weighted by Gasteiger charge is -2.18. The Hall–Kier alpha value is -0.740. The molecular weight excluding hydrogens is 260 g/mol. The van der Waals surface area contributed by atoms with Crippen molar-refractivity contribution in [3.8, 4) is 11.5 Å². The van der Waals surface area contributed by atoms with Gasteiger partial charge in [0.1, 0.15) is 0 Å². The Labute approximate surface area is 97.5 Å². The molecule has 0 aromatic heterocycles. The monoisotopic (exact) mass is 272 g/mol. The minimum atomic E-state index is 0.0273. The van der Waals surface area contributed by atoms with Gasteiger partial charge in [0.2, 0.25) is 6.79 Å². The minimum absolute atomic E-state index is 0.0273. The molecule has 0 bridgehead atoms. The Kier molecular flexibility index (Phi) is 3.17. The van der Waals surface area contributed by atoms with Crippen molar-refractivity contribution in [3.63, 3.8) is 0 Å². The minimum Gasteiger partial charge on any atom is -0.454 e. The Bertz CT molecular complexity index is 352. The fraction of sp³-hybridized carbons (Fsp3) is 0.455. The summed E-state index contributed by atoms with van der Waals surface area (Å²) in [7, 11) is 1.70. The van der Waals surface area contributed by atoms with Gasteiger partial charge in [0.15, 0.2) is 11.5 Å². The molecule has 0 fully saturated rings. The quantitative estimate of drug-likeness (QED) is 0.792. The van der Waals surface area contributed by atoms with E-state index in [-0.39, 0.29) is 10.9 Å². The van der Waals surface area contributed by atoms with Crippen LogP contribution in [0.3, 0.4) is 0 Å². The van der Waals surface area contributed by atoms with E-state index in [0.29, 0.717) is 6.79 Å². The summed E-state index contributed by atoms with van der Waals surface area (Å²) in [5, 5.41) is 0. The fourth-order valence-electron chi connectivity index (χ4n) is 1.68. The van der Waals surface area contributed by atoms with Crippen LogP contribution in [-0.2, 0) is 4.74 Å². The van der Waals surface area contributed by atoms with Crippen molar-refractivity contribution in [1.82, 2.24) is 0 Å². The van der Waals surface area contributed by atoms with Gasteiger partial charge in [-0.3, -0.25) is 0 Å². The summed E-state index contributed by atoms with van der Waals surface area (Å²) in [5.74, 6) is 1.60. The molecule has 15 heavy (non-hydrogen) atoms. The average Bonchev–Trinajstić information content (AvgIpc) is 2.65. The number of methoxy groups -OCH3 is 1.